The Kier molecular flexibility index (Phi) is 5.14. The lowest BCUT2D eigenvalue weighted by Gasteiger charge is -2.15. The zero-order chi connectivity index (χ0) is 18.0. The van der Waals surface area contributed by atoms with Crippen molar-refractivity contribution in [3.8, 4) is 0 Å². The molecule has 0 spiro atoms. The first-order chi connectivity index (χ1) is 12.0. The van der Waals surface area contributed by atoms with Crippen molar-refractivity contribution in [2.45, 2.75) is 57.9 Å². The second kappa shape index (κ2) is 7.32. The van der Waals surface area contributed by atoms with E-state index in [1.54, 1.807) is 11.6 Å². The van der Waals surface area contributed by atoms with E-state index in [1.165, 1.54) is 10.8 Å². The molecule has 0 amide bonds. The van der Waals surface area contributed by atoms with Gasteiger partial charge in [0.2, 0.25) is 0 Å². The number of nitrogens with one attached hydrogen (secondary N) is 1. The molecule has 3 atom stereocenters. The average molecular weight is 349 g/mol. The summed E-state index contributed by atoms with van der Waals surface area (Å²) in [6, 6.07) is -0.225. The fourth-order valence-corrected chi connectivity index (χ4v) is 3.08. The van der Waals surface area contributed by atoms with Gasteiger partial charge < -0.3 is 9.84 Å². The van der Waals surface area contributed by atoms with E-state index in [1.807, 2.05) is 6.20 Å². The van der Waals surface area contributed by atoms with Gasteiger partial charge in [-0.15, -0.1) is 5.10 Å². The summed E-state index contributed by atoms with van der Waals surface area (Å²) >= 11 is 0. The van der Waals surface area contributed by atoms with Gasteiger partial charge in [-0.3, -0.25) is 14.3 Å². The number of hydrogen-bond acceptors (Lipinski definition) is 6. The number of aliphatic hydroxyl groups is 1. The number of hydrogen-bond donors (Lipinski definition) is 2. The van der Waals surface area contributed by atoms with Crippen molar-refractivity contribution in [3.05, 3.63) is 44.5 Å². The Morgan fingerprint density at radius 1 is 1.40 bits per heavy atom. The predicted molar refractivity (Wildman–Crippen MR) is 89.3 cm³/mol. The molecule has 9 heteroatoms. The molecule has 0 bridgehead atoms. The van der Waals surface area contributed by atoms with Gasteiger partial charge in [0.1, 0.15) is 12.3 Å². The topological polar surface area (TPSA) is 115 Å². The van der Waals surface area contributed by atoms with Crippen LogP contribution in [0.15, 0.2) is 22.0 Å². The zero-order valence-electron chi connectivity index (χ0n) is 14.4. The van der Waals surface area contributed by atoms with Gasteiger partial charge in [-0.05, 0) is 19.8 Å². The Morgan fingerprint density at radius 2 is 2.20 bits per heavy atom. The molecule has 2 aromatic rings. The molecule has 1 aliphatic heterocycles. The van der Waals surface area contributed by atoms with Crippen LogP contribution in [-0.4, -0.2) is 42.4 Å². The van der Waals surface area contributed by atoms with Gasteiger partial charge >= 0.3 is 5.69 Å². The molecule has 1 saturated heterocycles. The molecule has 3 heterocycles. The van der Waals surface area contributed by atoms with Crippen LogP contribution in [0.4, 0.5) is 0 Å². The molecule has 25 heavy (non-hydrogen) atoms. The monoisotopic (exact) mass is 349 g/mol. The third-order valence-corrected chi connectivity index (χ3v) is 4.52. The SMILES string of the molecule is CCCCc1cn([C@H]2C[C@H](n3cc(C)c(=O)[nH]c3=O)OC2CO)nn1. The third kappa shape index (κ3) is 3.57. The quantitative estimate of drug-likeness (QED) is 0.775. The van der Waals surface area contributed by atoms with Crippen molar-refractivity contribution in [1.29, 1.82) is 0 Å². The molecular weight excluding hydrogens is 326 g/mol. The third-order valence-electron chi connectivity index (χ3n) is 4.52. The molecule has 2 N–H and O–H groups in total. The van der Waals surface area contributed by atoms with Crippen LogP contribution in [0.3, 0.4) is 0 Å². The van der Waals surface area contributed by atoms with Gasteiger partial charge in [0.15, 0.2) is 0 Å². The van der Waals surface area contributed by atoms with Crippen LogP contribution in [0.1, 0.15) is 49.7 Å². The summed E-state index contributed by atoms with van der Waals surface area (Å²) in [6.45, 7) is 3.55. The van der Waals surface area contributed by atoms with Crippen molar-refractivity contribution in [2.75, 3.05) is 6.61 Å². The van der Waals surface area contributed by atoms with Gasteiger partial charge in [-0.25, -0.2) is 9.48 Å². The van der Waals surface area contributed by atoms with Crippen molar-refractivity contribution in [3.63, 3.8) is 0 Å². The van der Waals surface area contributed by atoms with Gasteiger partial charge in [0.05, 0.1) is 18.3 Å². The summed E-state index contributed by atoms with van der Waals surface area (Å²) in [7, 11) is 0. The van der Waals surface area contributed by atoms with Crippen LogP contribution in [0.5, 0.6) is 0 Å². The van der Waals surface area contributed by atoms with Crippen molar-refractivity contribution >= 4 is 0 Å². The number of H-pyrrole nitrogens is 1. The number of unbranched alkanes of at least 4 members (excludes halogenated alkanes) is 1. The number of aryl methyl sites for hydroxylation is 2. The van der Waals surface area contributed by atoms with Crippen LogP contribution in [0.25, 0.3) is 0 Å². The number of rotatable bonds is 6. The largest absolute Gasteiger partial charge is 0.394 e. The molecule has 0 aromatic carbocycles. The van der Waals surface area contributed by atoms with Crippen molar-refractivity contribution < 1.29 is 9.84 Å². The Hall–Kier alpha value is -2.26. The molecule has 2 aromatic heterocycles. The van der Waals surface area contributed by atoms with Crippen molar-refractivity contribution in [1.82, 2.24) is 24.5 Å². The minimum Gasteiger partial charge on any atom is -0.394 e. The van der Waals surface area contributed by atoms with E-state index in [9.17, 15) is 14.7 Å². The molecular formula is C16H23N5O4. The second-order valence-corrected chi connectivity index (χ2v) is 6.39. The fourth-order valence-electron chi connectivity index (χ4n) is 3.08. The maximum absolute atomic E-state index is 12.1. The Balaban J connectivity index is 1.83. The van der Waals surface area contributed by atoms with E-state index < -0.39 is 23.6 Å². The number of aliphatic hydroxyl groups excluding tert-OH is 1. The molecule has 1 unspecified atom stereocenters. The molecule has 1 fully saturated rings. The zero-order valence-corrected chi connectivity index (χ0v) is 14.4. The lowest BCUT2D eigenvalue weighted by atomic mass is 10.1. The maximum atomic E-state index is 12.1. The highest BCUT2D eigenvalue weighted by atomic mass is 16.5. The standard InChI is InChI=1S/C16H23N5O4/c1-3-4-5-11-8-21(19-18-11)12-6-14(25-13(12)9-22)20-7-10(2)15(23)17-16(20)24/h7-8,12-14,22H,3-6,9H2,1-2H3,(H,17,23,24)/t12-,13?,14+/m0/s1. The van der Waals surface area contributed by atoms with Gasteiger partial charge in [-0.1, -0.05) is 18.6 Å². The highest BCUT2D eigenvalue weighted by Crippen LogP contribution is 2.35. The maximum Gasteiger partial charge on any atom is 0.330 e. The number of aromatic nitrogens is 5. The molecule has 9 nitrogen and oxygen atoms in total. The highest BCUT2D eigenvalue weighted by molar-refractivity contribution is 5.02. The predicted octanol–water partition coefficient (Wildman–Crippen LogP) is 0.300. The first kappa shape index (κ1) is 17.6. The van der Waals surface area contributed by atoms with E-state index >= 15 is 0 Å². The smallest absolute Gasteiger partial charge is 0.330 e. The number of nitrogens with zero attached hydrogens (tertiary/aromatic N) is 4. The van der Waals surface area contributed by atoms with E-state index in [0.29, 0.717) is 12.0 Å². The number of aromatic amines is 1. The van der Waals surface area contributed by atoms with E-state index in [4.69, 9.17) is 4.74 Å². The Labute approximate surface area is 144 Å². The molecule has 136 valence electrons. The van der Waals surface area contributed by atoms with Crippen LogP contribution in [0, 0.1) is 6.92 Å². The second-order valence-electron chi connectivity index (χ2n) is 6.39. The molecule has 1 aliphatic rings. The average Bonchev–Trinajstić information content (AvgIpc) is 3.22. The number of ether oxygens (including phenoxy) is 1. The van der Waals surface area contributed by atoms with E-state index in [-0.39, 0.29) is 12.6 Å². The normalized spacial score (nSPS) is 23.2. The Morgan fingerprint density at radius 3 is 2.92 bits per heavy atom. The summed E-state index contributed by atoms with van der Waals surface area (Å²) in [5.41, 5.74) is 0.389. The summed E-state index contributed by atoms with van der Waals surface area (Å²) in [5.74, 6) is 0. The summed E-state index contributed by atoms with van der Waals surface area (Å²) in [4.78, 5) is 25.9. The minimum atomic E-state index is -0.575. The van der Waals surface area contributed by atoms with Gasteiger partial charge in [-0.2, -0.15) is 0 Å². The molecule has 0 saturated carbocycles. The first-order valence-corrected chi connectivity index (χ1v) is 8.52. The minimum absolute atomic E-state index is 0.192. The molecule has 0 aliphatic carbocycles. The van der Waals surface area contributed by atoms with Crippen LogP contribution in [0.2, 0.25) is 0 Å². The van der Waals surface area contributed by atoms with Gasteiger partial charge in [0.25, 0.3) is 5.56 Å². The molecule has 3 rings (SSSR count). The van der Waals surface area contributed by atoms with Crippen LogP contribution >= 0.6 is 0 Å². The molecule has 0 radical (unpaired) electrons. The fraction of sp³-hybridized carbons (Fsp3) is 0.625. The Bertz CT molecular complexity index is 840. The summed E-state index contributed by atoms with van der Waals surface area (Å²) in [5, 5.41) is 18.0. The van der Waals surface area contributed by atoms with E-state index in [0.717, 1.165) is 25.0 Å². The lowest BCUT2D eigenvalue weighted by molar-refractivity contribution is -0.0323. The lowest BCUT2D eigenvalue weighted by Crippen LogP contribution is -2.33. The summed E-state index contributed by atoms with van der Waals surface area (Å²) in [6.07, 6.45) is 5.71. The first-order valence-electron chi connectivity index (χ1n) is 8.52. The van der Waals surface area contributed by atoms with Crippen LogP contribution in [-0.2, 0) is 11.2 Å². The van der Waals surface area contributed by atoms with Gasteiger partial charge in [0, 0.05) is 24.4 Å². The van der Waals surface area contributed by atoms with E-state index in [2.05, 4.69) is 22.2 Å². The summed E-state index contributed by atoms with van der Waals surface area (Å²) < 4.78 is 8.89. The highest BCUT2D eigenvalue weighted by Gasteiger charge is 2.38. The van der Waals surface area contributed by atoms with Crippen molar-refractivity contribution in [2.24, 2.45) is 0 Å². The van der Waals surface area contributed by atoms with Crippen LogP contribution < -0.4 is 11.2 Å².